The number of rotatable bonds is 3. The van der Waals surface area contributed by atoms with E-state index < -0.39 is 0 Å². The van der Waals surface area contributed by atoms with Crippen LogP contribution in [0.1, 0.15) is 10.9 Å². The summed E-state index contributed by atoms with van der Waals surface area (Å²) in [5, 5.41) is 2.06. The number of nitrogens with two attached hydrogens (primary N) is 1. The summed E-state index contributed by atoms with van der Waals surface area (Å²) >= 11 is 1.72. The van der Waals surface area contributed by atoms with Crippen LogP contribution in [0.5, 0.6) is 0 Å². The Balaban J connectivity index is 2.49. The first kappa shape index (κ1) is 8.71. The first-order chi connectivity index (χ1) is 5.20. The Morgan fingerprint density at radius 2 is 2.36 bits per heavy atom. The summed E-state index contributed by atoms with van der Waals surface area (Å²) < 4.78 is 0. The van der Waals surface area contributed by atoms with Crippen molar-refractivity contribution < 1.29 is 0 Å². The lowest BCUT2D eigenvalue weighted by molar-refractivity contribution is 0.379. The van der Waals surface area contributed by atoms with Crippen molar-refractivity contribution in [2.75, 3.05) is 20.6 Å². The fraction of sp³-hybridized carbons (Fsp3) is 0.500. The van der Waals surface area contributed by atoms with Crippen LogP contribution in [0.4, 0.5) is 0 Å². The third-order valence-electron chi connectivity index (χ3n) is 1.47. The largest absolute Gasteiger partial charge is 0.322 e. The van der Waals surface area contributed by atoms with Crippen LogP contribution in [-0.4, -0.2) is 25.5 Å². The maximum absolute atomic E-state index is 5.91. The first-order valence-electron chi connectivity index (χ1n) is 3.64. The van der Waals surface area contributed by atoms with Crippen molar-refractivity contribution >= 4 is 11.3 Å². The highest BCUT2D eigenvalue weighted by Gasteiger charge is 2.06. The normalized spacial score (nSPS) is 13.8. The fourth-order valence-corrected chi connectivity index (χ4v) is 1.71. The quantitative estimate of drug-likeness (QED) is 0.741. The smallest absolute Gasteiger partial charge is 0.0518 e. The van der Waals surface area contributed by atoms with Gasteiger partial charge in [0.2, 0.25) is 0 Å². The number of hydrogen-bond donors (Lipinski definition) is 1. The molecule has 11 heavy (non-hydrogen) atoms. The molecule has 0 aliphatic carbocycles. The summed E-state index contributed by atoms with van der Waals surface area (Å²) in [6.45, 7) is 0.917. The number of hydrogen-bond acceptors (Lipinski definition) is 3. The van der Waals surface area contributed by atoms with Crippen LogP contribution in [0.2, 0.25) is 0 Å². The predicted octanol–water partition coefficient (Wildman–Crippen LogP) is 1.31. The molecule has 0 radical (unpaired) electrons. The van der Waals surface area contributed by atoms with Crippen LogP contribution < -0.4 is 5.73 Å². The second kappa shape index (κ2) is 3.85. The molecule has 0 bridgehead atoms. The van der Waals surface area contributed by atoms with E-state index in [1.54, 1.807) is 11.3 Å². The molecule has 62 valence electrons. The monoisotopic (exact) mass is 170 g/mol. The van der Waals surface area contributed by atoms with Gasteiger partial charge in [-0.25, -0.2) is 0 Å². The third kappa shape index (κ3) is 2.61. The van der Waals surface area contributed by atoms with Gasteiger partial charge in [-0.05, 0) is 25.5 Å². The molecule has 0 amide bonds. The molecule has 1 rings (SSSR count). The molecule has 0 saturated heterocycles. The Bertz CT molecular complexity index is 194. The van der Waals surface area contributed by atoms with Crippen molar-refractivity contribution in [3.05, 3.63) is 22.4 Å². The van der Waals surface area contributed by atoms with E-state index in [1.807, 2.05) is 20.2 Å². The van der Waals surface area contributed by atoms with Gasteiger partial charge in [0.1, 0.15) is 0 Å². The van der Waals surface area contributed by atoms with Gasteiger partial charge in [-0.15, -0.1) is 11.3 Å². The van der Waals surface area contributed by atoms with E-state index in [1.165, 1.54) is 4.88 Å². The summed E-state index contributed by atoms with van der Waals surface area (Å²) in [7, 11) is 4.07. The zero-order valence-electron chi connectivity index (χ0n) is 6.95. The highest BCUT2D eigenvalue weighted by molar-refractivity contribution is 7.10. The van der Waals surface area contributed by atoms with Crippen LogP contribution in [0, 0.1) is 0 Å². The van der Waals surface area contributed by atoms with E-state index in [0.29, 0.717) is 0 Å². The fourth-order valence-electron chi connectivity index (χ4n) is 0.986. The van der Waals surface area contributed by atoms with E-state index in [-0.39, 0.29) is 6.04 Å². The standard InChI is InChI=1S/C8H14N2S/c1-10(2)6-7(9)8-4-3-5-11-8/h3-5,7H,6,9H2,1-2H3/t7-/m0/s1. The Labute approximate surface area is 71.6 Å². The van der Waals surface area contributed by atoms with E-state index in [0.717, 1.165) is 6.54 Å². The maximum atomic E-state index is 5.91. The molecule has 2 nitrogen and oxygen atoms in total. The zero-order valence-corrected chi connectivity index (χ0v) is 7.77. The first-order valence-corrected chi connectivity index (χ1v) is 4.52. The predicted molar refractivity (Wildman–Crippen MR) is 49.8 cm³/mol. The molecule has 2 N–H and O–H groups in total. The zero-order chi connectivity index (χ0) is 8.27. The van der Waals surface area contributed by atoms with E-state index in [4.69, 9.17) is 5.73 Å². The lowest BCUT2D eigenvalue weighted by Crippen LogP contribution is -2.25. The van der Waals surface area contributed by atoms with Gasteiger partial charge in [0.25, 0.3) is 0 Å². The lowest BCUT2D eigenvalue weighted by atomic mass is 10.2. The Morgan fingerprint density at radius 1 is 1.64 bits per heavy atom. The van der Waals surface area contributed by atoms with E-state index >= 15 is 0 Å². The molecular weight excluding hydrogens is 156 g/mol. The lowest BCUT2D eigenvalue weighted by Gasteiger charge is -2.14. The third-order valence-corrected chi connectivity index (χ3v) is 2.47. The molecule has 0 fully saturated rings. The van der Waals surface area contributed by atoms with E-state index in [9.17, 15) is 0 Å². The molecule has 0 unspecified atom stereocenters. The van der Waals surface area contributed by atoms with Gasteiger partial charge < -0.3 is 10.6 Å². The van der Waals surface area contributed by atoms with Gasteiger partial charge in [-0.3, -0.25) is 0 Å². The Kier molecular flexibility index (Phi) is 3.05. The molecule has 1 aromatic rings. The summed E-state index contributed by atoms with van der Waals surface area (Å²) in [4.78, 5) is 3.36. The molecule has 0 spiro atoms. The highest BCUT2D eigenvalue weighted by atomic mass is 32.1. The van der Waals surface area contributed by atoms with Gasteiger partial charge in [0.15, 0.2) is 0 Å². The number of nitrogens with zero attached hydrogens (tertiary/aromatic N) is 1. The minimum atomic E-state index is 0.171. The van der Waals surface area contributed by atoms with Crippen LogP contribution >= 0.6 is 11.3 Å². The molecule has 0 aromatic carbocycles. The van der Waals surface area contributed by atoms with Crippen molar-refractivity contribution in [3.8, 4) is 0 Å². The average molecular weight is 170 g/mol. The Hall–Kier alpha value is -0.380. The molecular formula is C8H14N2S. The van der Waals surface area contributed by atoms with Crippen molar-refractivity contribution in [1.29, 1.82) is 0 Å². The average Bonchev–Trinajstić information content (AvgIpc) is 2.35. The minimum absolute atomic E-state index is 0.171. The van der Waals surface area contributed by atoms with Crippen molar-refractivity contribution in [2.24, 2.45) is 5.73 Å². The topological polar surface area (TPSA) is 29.3 Å². The van der Waals surface area contributed by atoms with Gasteiger partial charge in [-0.1, -0.05) is 6.07 Å². The van der Waals surface area contributed by atoms with Gasteiger partial charge in [-0.2, -0.15) is 0 Å². The maximum Gasteiger partial charge on any atom is 0.0518 e. The van der Waals surface area contributed by atoms with Crippen LogP contribution in [0.3, 0.4) is 0 Å². The summed E-state index contributed by atoms with van der Waals surface area (Å²) in [6, 6.07) is 4.29. The second-order valence-corrected chi connectivity index (χ2v) is 3.86. The molecule has 1 aromatic heterocycles. The second-order valence-electron chi connectivity index (χ2n) is 2.88. The molecule has 0 saturated carbocycles. The summed E-state index contributed by atoms with van der Waals surface area (Å²) in [5.74, 6) is 0. The van der Waals surface area contributed by atoms with Crippen molar-refractivity contribution in [3.63, 3.8) is 0 Å². The molecule has 0 aliphatic heterocycles. The van der Waals surface area contributed by atoms with Gasteiger partial charge in [0.05, 0.1) is 6.04 Å². The van der Waals surface area contributed by atoms with Crippen LogP contribution in [0.25, 0.3) is 0 Å². The van der Waals surface area contributed by atoms with Gasteiger partial charge in [0, 0.05) is 11.4 Å². The van der Waals surface area contributed by atoms with Crippen LogP contribution in [0.15, 0.2) is 17.5 Å². The van der Waals surface area contributed by atoms with Crippen molar-refractivity contribution in [1.82, 2.24) is 4.90 Å². The SMILES string of the molecule is CN(C)C[C@H](N)c1cccs1. The van der Waals surface area contributed by atoms with Crippen molar-refractivity contribution in [2.45, 2.75) is 6.04 Å². The summed E-state index contributed by atoms with van der Waals surface area (Å²) in [5.41, 5.74) is 5.91. The number of thiophene rings is 1. The number of likely N-dealkylation sites (N-methyl/N-ethyl adjacent to an activating group) is 1. The molecule has 0 aliphatic rings. The Morgan fingerprint density at radius 3 is 2.82 bits per heavy atom. The van der Waals surface area contributed by atoms with E-state index in [2.05, 4.69) is 16.3 Å². The molecule has 1 heterocycles. The minimum Gasteiger partial charge on any atom is -0.322 e. The molecule has 1 atom stereocenters. The van der Waals surface area contributed by atoms with Crippen LogP contribution in [-0.2, 0) is 0 Å². The van der Waals surface area contributed by atoms with Gasteiger partial charge >= 0.3 is 0 Å². The summed E-state index contributed by atoms with van der Waals surface area (Å²) in [6.07, 6.45) is 0. The molecule has 3 heteroatoms. The highest BCUT2D eigenvalue weighted by Crippen LogP contribution is 2.16.